The quantitative estimate of drug-likeness (QED) is 0.829. The Hall–Kier alpha value is -2.11. The number of benzene rings is 1. The van der Waals surface area contributed by atoms with Gasteiger partial charge in [-0.15, -0.1) is 0 Å². The number of nitrogens with zero attached hydrogens (tertiary/aromatic N) is 1. The number of aromatic nitrogens is 1. The molecular formula is C16H17ClN2O3. The lowest BCUT2D eigenvalue weighted by Crippen LogP contribution is -2.16. The Bertz CT molecular complexity index is 659. The molecule has 1 unspecified atom stereocenters. The second kappa shape index (κ2) is 7.24. The molecule has 0 aliphatic carbocycles. The number of aliphatic hydroxyl groups excluding tert-OH is 1. The van der Waals surface area contributed by atoms with Crippen LogP contribution in [0.3, 0.4) is 0 Å². The summed E-state index contributed by atoms with van der Waals surface area (Å²) in [5, 5.41) is 13.3. The number of pyridine rings is 1. The highest BCUT2D eigenvalue weighted by Crippen LogP contribution is 2.21. The van der Waals surface area contributed by atoms with Crippen LogP contribution in [0.1, 0.15) is 27.7 Å². The van der Waals surface area contributed by atoms with E-state index in [4.69, 9.17) is 11.6 Å². The molecule has 0 aliphatic rings. The first-order valence-electron chi connectivity index (χ1n) is 6.74. The fourth-order valence-corrected chi connectivity index (χ4v) is 2.20. The SMILES string of the molecule is COC(=O)c1ccc(NC(CO)c2ccc(Cl)cc2)nc1C. The summed E-state index contributed by atoms with van der Waals surface area (Å²) in [5.41, 5.74) is 1.87. The number of esters is 1. The number of rotatable bonds is 5. The van der Waals surface area contributed by atoms with Gasteiger partial charge >= 0.3 is 5.97 Å². The van der Waals surface area contributed by atoms with E-state index in [1.54, 1.807) is 31.2 Å². The van der Waals surface area contributed by atoms with E-state index in [-0.39, 0.29) is 12.6 Å². The molecule has 0 aliphatic heterocycles. The highest BCUT2D eigenvalue weighted by molar-refractivity contribution is 6.30. The fourth-order valence-electron chi connectivity index (χ4n) is 2.08. The molecule has 0 spiro atoms. The van der Waals surface area contributed by atoms with Gasteiger partial charge in [-0.2, -0.15) is 0 Å². The first-order chi connectivity index (χ1) is 10.5. The second-order valence-electron chi connectivity index (χ2n) is 4.75. The molecule has 6 heteroatoms. The van der Waals surface area contributed by atoms with E-state index in [2.05, 4.69) is 15.0 Å². The number of halogens is 1. The van der Waals surface area contributed by atoms with Gasteiger partial charge in [-0.3, -0.25) is 0 Å². The maximum atomic E-state index is 11.5. The van der Waals surface area contributed by atoms with Crippen molar-refractivity contribution in [1.29, 1.82) is 0 Å². The summed E-state index contributed by atoms with van der Waals surface area (Å²) < 4.78 is 4.69. The van der Waals surface area contributed by atoms with Crippen molar-refractivity contribution in [3.8, 4) is 0 Å². The molecule has 2 N–H and O–H groups in total. The Kier molecular flexibility index (Phi) is 5.35. The Labute approximate surface area is 133 Å². The van der Waals surface area contributed by atoms with Gasteiger partial charge in [-0.1, -0.05) is 23.7 Å². The number of carbonyl (C=O) groups is 1. The topological polar surface area (TPSA) is 71.5 Å². The average molecular weight is 321 g/mol. The van der Waals surface area contributed by atoms with E-state index in [1.165, 1.54) is 7.11 Å². The van der Waals surface area contributed by atoms with Gasteiger partial charge < -0.3 is 15.2 Å². The summed E-state index contributed by atoms with van der Waals surface area (Å²) in [6, 6.07) is 10.2. The predicted octanol–water partition coefficient (Wildman–Crippen LogP) is 2.98. The molecule has 1 aromatic heterocycles. The van der Waals surface area contributed by atoms with Crippen LogP contribution >= 0.6 is 11.6 Å². The summed E-state index contributed by atoms with van der Waals surface area (Å²) in [4.78, 5) is 15.9. The van der Waals surface area contributed by atoms with Crippen molar-refractivity contribution in [2.45, 2.75) is 13.0 Å². The molecule has 0 amide bonds. The summed E-state index contributed by atoms with van der Waals surface area (Å²) in [6.45, 7) is 1.63. The lowest BCUT2D eigenvalue weighted by Gasteiger charge is -2.18. The Morgan fingerprint density at radius 2 is 2.00 bits per heavy atom. The Balaban J connectivity index is 2.19. The van der Waals surface area contributed by atoms with E-state index < -0.39 is 5.97 Å². The predicted molar refractivity (Wildman–Crippen MR) is 85.2 cm³/mol. The van der Waals surface area contributed by atoms with Crippen LogP contribution in [0.4, 0.5) is 5.82 Å². The van der Waals surface area contributed by atoms with Gasteiger partial charge in [-0.05, 0) is 36.8 Å². The molecule has 0 fully saturated rings. The number of anilines is 1. The Morgan fingerprint density at radius 3 is 2.55 bits per heavy atom. The zero-order chi connectivity index (χ0) is 16.1. The molecule has 2 rings (SSSR count). The van der Waals surface area contributed by atoms with Gasteiger partial charge in [0.2, 0.25) is 0 Å². The molecule has 1 aromatic carbocycles. The zero-order valence-corrected chi connectivity index (χ0v) is 13.1. The number of ether oxygens (including phenoxy) is 1. The largest absolute Gasteiger partial charge is 0.465 e. The third-order valence-corrected chi connectivity index (χ3v) is 3.52. The summed E-state index contributed by atoms with van der Waals surface area (Å²) in [6.07, 6.45) is 0. The molecule has 0 saturated carbocycles. The molecule has 5 nitrogen and oxygen atoms in total. The van der Waals surface area contributed by atoms with E-state index in [1.807, 2.05) is 12.1 Å². The van der Waals surface area contributed by atoms with Gasteiger partial charge in [-0.25, -0.2) is 9.78 Å². The highest BCUT2D eigenvalue weighted by atomic mass is 35.5. The van der Waals surface area contributed by atoms with Crippen molar-refractivity contribution in [3.05, 3.63) is 58.2 Å². The van der Waals surface area contributed by atoms with Crippen molar-refractivity contribution in [1.82, 2.24) is 4.98 Å². The monoisotopic (exact) mass is 320 g/mol. The van der Waals surface area contributed by atoms with Crippen molar-refractivity contribution in [3.63, 3.8) is 0 Å². The molecule has 1 heterocycles. The minimum atomic E-state index is -0.423. The third-order valence-electron chi connectivity index (χ3n) is 3.27. The van der Waals surface area contributed by atoms with Gasteiger partial charge in [0.25, 0.3) is 0 Å². The first kappa shape index (κ1) is 16.3. The normalized spacial score (nSPS) is 11.8. The fraction of sp³-hybridized carbons (Fsp3) is 0.250. The lowest BCUT2D eigenvalue weighted by atomic mass is 10.1. The second-order valence-corrected chi connectivity index (χ2v) is 5.19. The third kappa shape index (κ3) is 3.75. The van der Waals surface area contributed by atoms with Gasteiger partial charge in [0, 0.05) is 5.02 Å². The molecule has 2 aromatic rings. The van der Waals surface area contributed by atoms with Crippen molar-refractivity contribution in [2.75, 3.05) is 19.0 Å². The van der Waals surface area contributed by atoms with Gasteiger partial charge in [0.15, 0.2) is 0 Å². The molecule has 0 bridgehead atoms. The summed E-state index contributed by atoms with van der Waals surface area (Å²) in [5.74, 6) is 0.145. The van der Waals surface area contributed by atoms with E-state index >= 15 is 0 Å². The molecule has 0 saturated heterocycles. The zero-order valence-electron chi connectivity index (χ0n) is 12.3. The van der Waals surface area contributed by atoms with Crippen LogP contribution in [0.15, 0.2) is 36.4 Å². The minimum absolute atomic E-state index is 0.0961. The standard InChI is InChI=1S/C16H17ClN2O3/c1-10-13(16(21)22-2)7-8-15(18-10)19-14(9-20)11-3-5-12(17)6-4-11/h3-8,14,20H,9H2,1-2H3,(H,18,19). The van der Waals surface area contributed by atoms with Crippen LogP contribution in [0.5, 0.6) is 0 Å². The van der Waals surface area contributed by atoms with Crippen molar-refractivity contribution in [2.24, 2.45) is 0 Å². The molecule has 0 radical (unpaired) electrons. The number of hydrogen-bond acceptors (Lipinski definition) is 5. The number of aliphatic hydroxyl groups is 1. The highest BCUT2D eigenvalue weighted by Gasteiger charge is 2.14. The van der Waals surface area contributed by atoms with Gasteiger partial charge in [0.05, 0.1) is 31.0 Å². The number of aryl methyl sites for hydroxylation is 1. The number of nitrogens with one attached hydrogen (secondary N) is 1. The van der Waals surface area contributed by atoms with Crippen LogP contribution in [-0.2, 0) is 4.74 Å². The van der Waals surface area contributed by atoms with Crippen LogP contribution in [0.2, 0.25) is 5.02 Å². The molecule has 1 atom stereocenters. The van der Waals surface area contributed by atoms with E-state index in [9.17, 15) is 9.90 Å². The lowest BCUT2D eigenvalue weighted by molar-refractivity contribution is 0.0599. The van der Waals surface area contributed by atoms with Crippen LogP contribution in [-0.4, -0.2) is 29.8 Å². The van der Waals surface area contributed by atoms with Crippen molar-refractivity contribution >= 4 is 23.4 Å². The number of methoxy groups -OCH3 is 1. The maximum Gasteiger partial charge on any atom is 0.339 e. The smallest absolute Gasteiger partial charge is 0.339 e. The number of hydrogen-bond donors (Lipinski definition) is 2. The Morgan fingerprint density at radius 1 is 1.32 bits per heavy atom. The maximum absolute atomic E-state index is 11.5. The number of carbonyl (C=O) groups excluding carboxylic acids is 1. The van der Waals surface area contributed by atoms with Gasteiger partial charge in [0.1, 0.15) is 5.82 Å². The minimum Gasteiger partial charge on any atom is -0.465 e. The average Bonchev–Trinajstić information content (AvgIpc) is 2.53. The first-order valence-corrected chi connectivity index (χ1v) is 7.11. The van der Waals surface area contributed by atoms with E-state index in [0.29, 0.717) is 22.1 Å². The molecular weight excluding hydrogens is 304 g/mol. The van der Waals surface area contributed by atoms with Crippen LogP contribution in [0, 0.1) is 6.92 Å². The van der Waals surface area contributed by atoms with Crippen LogP contribution < -0.4 is 5.32 Å². The van der Waals surface area contributed by atoms with Crippen LogP contribution in [0.25, 0.3) is 0 Å². The molecule has 22 heavy (non-hydrogen) atoms. The summed E-state index contributed by atoms with van der Waals surface area (Å²) >= 11 is 5.86. The van der Waals surface area contributed by atoms with Crippen molar-refractivity contribution < 1.29 is 14.6 Å². The van der Waals surface area contributed by atoms with E-state index in [0.717, 1.165) is 5.56 Å². The molecule has 116 valence electrons. The summed E-state index contributed by atoms with van der Waals surface area (Å²) in [7, 11) is 1.33.